The molecule has 1 aromatic rings. The third-order valence-corrected chi connectivity index (χ3v) is 1.61. The Morgan fingerprint density at radius 3 is 2.92 bits per heavy atom. The number of benzene rings is 1. The molecule has 1 rings (SSSR count). The molecule has 0 radical (unpaired) electrons. The molecule has 0 aliphatic heterocycles. The van der Waals surface area contributed by atoms with Crippen LogP contribution < -0.4 is 10.5 Å². The molecule has 0 saturated carbocycles. The van der Waals surface area contributed by atoms with Crippen molar-refractivity contribution in [1.82, 2.24) is 0 Å². The van der Waals surface area contributed by atoms with Crippen LogP contribution in [0.1, 0.15) is 12.5 Å². The highest BCUT2D eigenvalue weighted by Gasteiger charge is 1.99. The van der Waals surface area contributed by atoms with E-state index in [1.807, 2.05) is 18.2 Å². The molecule has 13 heavy (non-hydrogen) atoms. The number of rotatable bonds is 4. The van der Waals surface area contributed by atoms with Crippen molar-refractivity contribution in [3.63, 3.8) is 0 Å². The SMILES string of the molecule is CC(F)COc1cccc(CN)c1. The molecule has 3 heteroatoms. The van der Waals surface area contributed by atoms with Gasteiger partial charge in [-0.2, -0.15) is 0 Å². The van der Waals surface area contributed by atoms with Crippen LogP contribution in [0.25, 0.3) is 0 Å². The molecule has 0 bridgehead atoms. The summed E-state index contributed by atoms with van der Waals surface area (Å²) in [5.74, 6) is 0.674. The van der Waals surface area contributed by atoms with E-state index in [1.165, 1.54) is 6.92 Å². The molecule has 1 aromatic carbocycles. The predicted molar refractivity (Wildman–Crippen MR) is 50.4 cm³/mol. The molecule has 0 amide bonds. The first-order valence-corrected chi connectivity index (χ1v) is 4.28. The van der Waals surface area contributed by atoms with Gasteiger partial charge >= 0.3 is 0 Å². The van der Waals surface area contributed by atoms with Crippen molar-refractivity contribution in [3.8, 4) is 5.75 Å². The number of nitrogens with two attached hydrogens (primary N) is 1. The average molecular weight is 183 g/mol. The third-order valence-electron chi connectivity index (χ3n) is 1.61. The first kappa shape index (κ1) is 9.99. The molecule has 0 aliphatic rings. The van der Waals surface area contributed by atoms with E-state index in [0.717, 1.165) is 5.56 Å². The van der Waals surface area contributed by atoms with E-state index < -0.39 is 6.17 Å². The molecule has 1 unspecified atom stereocenters. The molecule has 72 valence electrons. The van der Waals surface area contributed by atoms with Crippen LogP contribution in [0.3, 0.4) is 0 Å². The van der Waals surface area contributed by atoms with Gasteiger partial charge in [0.2, 0.25) is 0 Å². The topological polar surface area (TPSA) is 35.2 Å². The first-order chi connectivity index (χ1) is 6.22. The standard InChI is InChI=1S/C10H14FNO/c1-8(11)7-13-10-4-2-3-9(5-10)6-12/h2-5,8H,6-7,12H2,1H3. The van der Waals surface area contributed by atoms with Gasteiger partial charge in [0.15, 0.2) is 0 Å². The van der Waals surface area contributed by atoms with E-state index in [2.05, 4.69) is 0 Å². The van der Waals surface area contributed by atoms with Gasteiger partial charge < -0.3 is 10.5 Å². The van der Waals surface area contributed by atoms with Gasteiger partial charge in [-0.25, -0.2) is 4.39 Å². The number of halogens is 1. The summed E-state index contributed by atoms with van der Waals surface area (Å²) < 4.78 is 17.6. The summed E-state index contributed by atoms with van der Waals surface area (Å²) in [5, 5.41) is 0. The van der Waals surface area contributed by atoms with Crippen molar-refractivity contribution in [2.24, 2.45) is 5.73 Å². The second kappa shape index (κ2) is 4.82. The Kier molecular flexibility index (Phi) is 3.71. The lowest BCUT2D eigenvalue weighted by Crippen LogP contribution is -2.08. The summed E-state index contributed by atoms with van der Waals surface area (Å²) in [6, 6.07) is 7.37. The number of ether oxygens (including phenoxy) is 1. The van der Waals surface area contributed by atoms with Gasteiger partial charge in [-0.1, -0.05) is 12.1 Å². The van der Waals surface area contributed by atoms with Crippen LogP contribution in [-0.4, -0.2) is 12.8 Å². The lowest BCUT2D eigenvalue weighted by molar-refractivity contribution is 0.209. The minimum Gasteiger partial charge on any atom is -0.491 e. The third kappa shape index (κ3) is 3.42. The van der Waals surface area contributed by atoms with E-state index in [0.29, 0.717) is 12.3 Å². The maximum absolute atomic E-state index is 12.4. The Labute approximate surface area is 77.5 Å². The number of hydrogen-bond donors (Lipinski definition) is 1. The summed E-state index contributed by atoms with van der Waals surface area (Å²) in [6.07, 6.45) is -0.943. The highest BCUT2D eigenvalue weighted by molar-refractivity contribution is 5.28. The maximum atomic E-state index is 12.4. The van der Waals surface area contributed by atoms with Crippen molar-refractivity contribution < 1.29 is 9.13 Å². The van der Waals surface area contributed by atoms with E-state index in [9.17, 15) is 4.39 Å². The predicted octanol–water partition coefficient (Wildman–Crippen LogP) is 1.88. The minimum atomic E-state index is -0.943. The molecular formula is C10H14FNO. The Morgan fingerprint density at radius 1 is 1.54 bits per heavy atom. The van der Waals surface area contributed by atoms with Gasteiger partial charge in [0.05, 0.1) is 0 Å². The van der Waals surface area contributed by atoms with Gasteiger partial charge in [0, 0.05) is 6.54 Å². The highest BCUT2D eigenvalue weighted by atomic mass is 19.1. The Hall–Kier alpha value is -1.09. The monoisotopic (exact) mass is 183 g/mol. The molecule has 0 spiro atoms. The van der Waals surface area contributed by atoms with Crippen LogP contribution in [0.2, 0.25) is 0 Å². The van der Waals surface area contributed by atoms with E-state index in [1.54, 1.807) is 6.07 Å². The molecule has 2 nitrogen and oxygen atoms in total. The van der Waals surface area contributed by atoms with Crippen LogP contribution in [0.4, 0.5) is 4.39 Å². The van der Waals surface area contributed by atoms with E-state index in [4.69, 9.17) is 10.5 Å². The summed E-state index contributed by atoms with van der Waals surface area (Å²) in [5.41, 5.74) is 6.43. The minimum absolute atomic E-state index is 0.0913. The normalized spacial score (nSPS) is 12.5. The lowest BCUT2D eigenvalue weighted by Gasteiger charge is -2.07. The van der Waals surface area contributed by atoms with Crippen LogP contribution in [0.15, 0.2) is 24.3 Å². The second-order valence-electron chi connectivity index (χ2n) is 2.94. The largest absolute Gasteiger partial charge is 0.491 e. The van der Waals surface area contributed by atoms with Crippen molar-refractivity contribution in [1.29, 1.82) is 0 Å². The maximum Gasteiger partial charge on any atom is 0.131 e. The Morgan fingerprint density at radius 2 is 2.31 bits per heavy atom. The summed E-state index contributed by atoms with van der Waals surface area (Å²) in [6.45, 7) is 2.03. The Balaban J connectivity index is 2.56. The quantitative estimate of drug-likeness (QED) is 0.773. The average Bonchev–Trinajstić information content (AvgIpc) is 2.15. The van der Waals surface area contributed by atoms with Crippen molar-refractivity contribution in [2.75, 3.05) is 6.61 Å². The summed E-state index contributed by atoms with van der Waals surface area (Å²) in [4.78, 5) is 0. The zero-order valence-corrected chi connectivity index (χ0v) is 7.66. The zero-order chi connectivity index (χ0) is 9.68. The molecule has 1 atom stereocenters. The van der Waals surface area contributed by atoms with Crippen molar-refractivity contribution in [2.45, 2.75) is 19.6 Å². The van der Waals surface area contributed by atoms with Gasteiger partial charge in [-0.05, 0) is 24.6 Å². The zero-order valence-electron chi connectivity index (χ0n) is 7.66. The van der Waals surface area contributed by atoms with Crippen LogP contribution in [-0.2, 0) is 6.54 Å². The number of hydrogen-bond acceptors (Lipinski definition) is 2. The lowest BCUT2D eigenvalue weighted by atomic mass is 10.2. The van der Waals surface area contributed by atoms with Crippen LogP contribution in [0.5, 0.6) is 5.75 Å². The molecule has 0 saturated heterocycles. The number of alkyl halides is 1. The second-order valence-corrected chi connectivity index (χ2v) is 2.94. The van der Waals surface area contributed by atoms with Gasteiger partial charge in [-0.15, -0.1) is 0 Å². The summed E-state index contributed by atoms with van der Waals surface area (Å²) >= 11 is 0. The van der Waals surface area contributed by atoms with Gasteiger partial charge in [-0.3, -0.25) is 0 Å². The molecule has 2 N–H and O–H groups in total. The molecule has 0 aromatic heterocycles. The molecule has 0 heterocycles. The fourth-order valence-corrected chi connectivity index (χ4v) is 0.973. The van der Waals surface area contributed by atoms with E-state index in [-0.39, 0.29) is 6.61 Å². The van der Waals surface area contributed by atoms with Crippen molar-refractivity contribution in [3.05, 3.63) is 29.8 Å². The van der Waals surface area contributed by atoms with Gasteiger partial charge in [0.1, 0.15) is 18.5 Å². The summed E-state index contributed by atoms with van der Waals surface area (Å²) in [7, 11) is 0. The molecule has 0 aliphatic carbocycles. The fourth-order valence-electron chi connectivity index (χ4n) is 0.973. The Bertz CT molecular complexity index is 263. The van der Waals surface area contributed by atoms with Crippen LogP contribution >= 0.6 is 0 Å². The van der Waals surface area contributed by atoms with Crippen molar-refractivity contribution >= 4 is 0 Å². The smallest absolute Gasteiger partial charge is 0.131 e. The first-order valence-electron chi connectivity index (χ1n) is 4.28. The molecular weight excluding hydrogens is 169 g/mol. The van der Waals surface area contributed by atoms with E-state index >= 15 is 0 Å². The van der Waals surface area contributed by atoms with Gasteiger partial charge in [0.25, 0.3) is 0 Å². The molecule has 0 fully saturated rings. The highest BCUT2D eigenvalue weighted by Crippen LogP contribution is 2.13. The van der Waals surface area contributed by atoms with Crippen LogP contribution in [0, 0.1) is 0 Å². The fraction of sp³-hybridized carbons (Fsp3) is 0.400.